The molecule has 1 fully saturated rings. The van der Waals surface area contributed by atoms with E-state index in [1.165, 1.54) is 12.8 Å². The number of fused-ring (bicyclic) bond motifs is 1. The third-order valence-electron chi connectivity index (χ3n) is 5.26. The summed E-state index contributed by atoms with van der Waals surface area (Å²) in [6, 6.07) is 5.24. The van der Waals surface area contributed by atoms with Gasteiger partial charge in [0.1, 0.15) is 0 Å². The molecular weight excluding hydrogens is 294 g/mol. The summed E-state index contributed by atoms with van der Waals surface area (Å²) in [6.45, 7) is 3.67. The number of nitro groups is 1. The van der Waals surface area contributed by atoms with Gasteiger partial charge in [-0.05, 0) is 49.9 Å². The van der Waals surface area contributed by atoms with Crippen LogP contribution < -0.4 is 0 Å². The third kappa shape index (κ3) is 2.95. The number of likely N-dealkylation sites (N-methyl/N-ethyl adjacent to an activating group) is 1. The van der Waals surface area contributed by atoms with E-state index in [1.54, 1.807) is 24.0 Å². The van der Waals surface area contributed by atoms with Gasteiger partial charge in [-0.2, -0.15) is 0 Å². The van der Waals surface area contributed by atoms with Crippen molar-refractivity contribution in [1.29, 1.82) is 0 Å². The highest BCUT2D eigenvalue weighted by atomic mass is 16.6. The number of aryl methyl sites for hydroxylation is 1. The van der Waals surface area contributed by atoms with Crippen LogP contribution in [0.15, 0.2) is 18.2 Å². The zero-order valence-electron chi connectivity index (χ0n) is 13.7. The Balaban J connectivity index is 2.04. The second kappa shape index (κ2) is 6.28. The number of hydrogen-bond acceptors (Lipinski definition) is 4. The summed E-state index contributed by atoms with van der Waals surface area (Å²) in [5, 5.41) is 11.1. The van der Waals surface area contributed by atoms with Crippen LogP contribution in [0.25, 0.3) is 0 Å². The van der Waals surface area contributed by atoms with Crippen LogP contribution in [0.2, 0.25) is 0 Å². The van der Waals surface area contributed by atoms with Crippen LogP contribution >= 0.6 is 0 Å². The van der Waals surface area contributed by atoms with Crippen LogP contribution in [0.1, 0.15) is 43.4 Å². The van der Waals surface area contributed by atoms with Crippen molar-refractivity contribution in [2.75, 3.05) is 20.1 Å². The molecule has 0 radical (unpaired) electrons. The second-order valence-corrected chi connectivity index (χ2v) is 6.56. The highest BCUT2D eigenvalue weighted by Gasteiger charge is 2.38. The van der Waals surface area contributed by atoms with E-state index in [4.69, 9.17) is 0 Å². The minimum absolute atomic E-state index is 0.00134. The molecule has 0 bridgehead atoms. The molecule has 0 spiro atoms. The van der Waals surface area contributed by atoms with Crippen LogP contribution in [-0.4, -0.2) is 46.8 Å². The molecule has 1 aromatic rings. The van der Waals surface area contributed by atoms with Crippen molar-refractivity contribution in [3.05, 3.63) is 39.4 Å². The van der Waals surface area contributed by atoms with Crippen LogP contribution in [0.3, 0.4) is 0 Å². The molecule has 1 heterocycles. The number of non-ortho nitro benzene ring substituents is 1. The van der Waals surface area contributed by atoms with Crippen LogP contribution in [0.4, 0.5) is 5.69 Å². The molecule has 0 saturated carbocycles. The Morgan fingerprint density at radius 1 is 1.35 bits per heavy atom. The van der Waals surface area contributed by atoms with E-state index < -0.39 is 0 Å². The number of carbonyl (C=O) groups is 1. The van der Waals surface area contributed by atoms with E-state index in [-0.39, 0.29) is 28.6 Å². The minimum Gasteiger partial charge on any atom is -0.337 e. The summed E-state index contributed by atoms with van der Waals surface area (Å²) in [7, 11) is 1.81. The Morgan fingerprint density at radius 2 is 2.04 bits per heavy atom. The monoisotopic (exact) mass is 317 g/mol. The maximum atomic E-state index is 12.0. The fourth-order valence-corrected chi connectivity index (χ4v) is 3.99. The number of rotatable bonds is 3. The van der Waals surface area contributed by atoms with Crippen molar-refractivity contribution in [3.63, 3.8) is 0 Å². The van der Waals surface area contributed by atoms with Crippen molar-refractivity contribution in [2.24, 2.45) is 0 Å². The number of hydrogen-bond donors (Lipinski definition) is 0. The van der Waals surface area contributed by atoms with Gasteiger partial charge in [0.05, 0.1) is 11.0 Å². The first-order valence-corrected chi connectivity index (χ1v) is 8.23. The van der Waals surface area contributed by atoms with Crippen LogP contribution in [-0.2, 0) is 11.2 Å². The van der Waals surface area contributed by atoms with E-state index in [0.29, 0.717) is 0 Å². The lowest BCUT2D eigenvalue weighted by molar-refractivity contribution is -0.385. The van der Waals surface area contributed by atoms with Crippen molar-refractivity contribution in [1.82, 2.24) is 9.80 Å². The quantitative estimate of drug-likeness (QED) is 0.634. The zero-order valence-corrected chi connectivity index (χ0v) is 13.7. The van der Waals surface area contributed by atoms with E-state index in [2.05, 4.69) is 4.90 Å². The fraction of sp³-hybridized carbons (Fsp3) is 0.588. The minimum atomic E-state index is -0.357. The third-order valence-corrected chi connectivity index (χ3v) is 5.26. The summed E-state index contributed by atoms with van der Waals surface area (Å²) < 4.78 is 0. The molecule has 1 aliphatic heterocycles. The number of carbonyl (C=O) groups excluding carboxylic acids is 1. The molecule has 1 saturated heterocycles. The summed E-state index contributed by atoms with van der Waals surface area (Å²) >= 11 is 0. The summed E-state index contributed by atoms with van der Waals surface area (Å²) in [4.78, 5) is 27.0. The number of likely N-dealkylation sites (tertiary alicyclic amines) is 1. The van der Waals surface area contributed by atoms with Crippen LogP contribution in [0.5, 0.6) is 0 Å². The standard InChI is InChI=1S/C17H23N3O3/c1-12(21)18(2)17-15-11-14(20(22)23)7-5-13(15)6-8-16(17)19-9-3-4-10-19/h5,7,11,16-17H,3-4,6,8-10H2,1-2H3. The number of benzene rings is 1. The van der Waals surface area contributed by atoms with Gasteiger partial charge in [0.2, 0.25) is 5.91 Å². The lowest BCUT2D eigenvalue weighted by Gasteiger charge is -2.43. The molecule has 1 amide bonds. The molecule has 2 unspecified atom stereocenters. The van der Waals surface area contributed by atoms with Gasteiger partial charge in [-0.15, -0.1) is 0 Å². The second-order valence-electron chi connectivity index (χ2n) is 6.56. The highest BCUT2D eigenvalue weighted by molar-refractivity contribution is 5.74. The van der Waals surface area contributed by atoms with Crippen molar-refractivity contribution >= 4 is 11.6 Å². The van der Waals surface area contributed by atoms with Gasteiger partial charge in [0.15, 0.2) is 0 Å². The first-order chi connectivity index (χ1) is 11.0. The molecule has 124 valence electrons. The van der Waals surface area contributed by atoms with Crippen molar-refractivity contribution in [2.45, 2.75) is 44.7 Å². The molecule has 3 rings (SSSR count). The lowest BCUT2D eigenvalue weighted by atomic mass is 9.82. The lowest BCUT2D eigenvalue weighted by Crippen LogP contribution is -2.48. The SMILES string of the molecule is CC(=O)N(C)C1c2cc([N+](=O)[O-])ccc2CCC1N1CCCC1. The molecule has 2 aliphatic rings. The van der Waals surface area contributed by atoms with Gasteiger partial charge in [0.25, 0.3) is 5.69 Å². The number of nitro benzene ring substituents is 1. The fourth-order valence-electron chi connectivity index (χ4n) is 3.99. The predicted molar refractivity (Wildman–Crippen MR) is 87.2 cm³/mol. The molecule has 0 N–H and O–H groups in total. The van der Waals surface area contributed by atoms with E-state index in [9.17, 15) is 14.9 Å². The van der Waals surface area contributed by atoms with Gasteiger partial charge in [-0.1, -0.05) is 6.07 Å². The highest BCUT2D eigenvalue weighted by Crippen LogP contribution is 2.39. The van der Waals surface area contributed by atoms with Crippen LogP contribution in [0, 0.1) is 10.1 Å². The average Bonchev–Trinajstić information content (AvgIpc) is 3.06. The number of amides is 1. The van der Waals surface area contributed by atoms with Gasteiger partial charge in [-0.25, -0.2) is 0 Å². The Kier molecular flexibility index (Phi) is 4.35. The zero-order chi connectivity index (χ0) is 16.6. The Bertz CT molecular complexity index is 626. The predicted octanol–water partition coefficient (Wildman–Crippen LogP) is 2.52. The molecule has 6 heteroatoms. The van der Waals surface area contributed by atoms with Crippen molar-refractivity contribution < 1.29 is 9.72 Å². The first kappa shape index (κ1) is 15.9. The average molecular weight is 317 g/mol. The van der Waals surface area contributed by atoms with Gasteiger partial charge < -0.3 is 4.90 Å². The molecular formula is C17H23N3O3. The number of nitrogens with zero attached hydrogens (tertiary/aromatic N) is 3. The maximum Gasteiger partial charge on any atom is 0.269 e. The molecule has 23 heavy (non-hydrogen) atoms. The molecule has 2 atom stereocenters. The van der Waals surface area contributed by atoms with E-state index in [0.717, 1.165) is 37.1 Å². The summed E-state index contributed by atoms with van der Waals surface area (Å²) in [6.07, 6.45) is 4.29. The maximum absolute atomic E-state index is 12.0. The van der Waals surface area contributed by atoms with Crippen molar-refractivity contribution in [3.8, 4) is 0 Å². The molecule has 0 aromatic heterocycles. The Morgan fingerprint density at radius 3 is 2.65 bits per heavy atom. The smallest absolute Gasteiger partial charge is 0.269 e. The largest absolute Gasteiger partial charge is 0.337 e. The van der Waals surface area contributed by atoms with E-state index >= 15 is 0 Å². The Hall–Kier alpha value is -1.95. The summed E-state index contributed by atoms with van der Waals surface area (Å²) in [5.41, 5.74) is 2.18. The normalized spacial score (nSPS) is 24.3. The topological polar surface area (TPSA) is 66.7 Å². The molecule has 6 nitrogen and oxygen atoms in total. The van der Waals surface area contributed by atoms with Gasteiger partial charge >= 0.3 is 0 Å². The summed E-state index contributed by atoms with van der Waals surface area (Å²) in [5.74, 6) is -0.00134. The Labute approximate surface area is 136 Å². The van der Waals surface area contributed by atoms with Gasteiger partial charge in [0, 0.05) is 32.1 Å². The van der Waals surface area contributed by atoms with E-state index in [1.807, 2.05) is 13.1 Å². The first-order valence-electron chi connectivity index (χ1n) is 8.23. The molecule has 1 aromatic carbocycles. The molecule has 1 aliphatic carbocycles. The van der Waals surface area contributed by atoms with Gasteiger partial charge in [-0.3, -0.25) is 19.8 Å².